The molecular weight excluding hydrogens is 225 g/mol. The molecular formula is C7H10NO6P. The predicted octanol–water partition coefficient (Wildman–Crippen LogP) is -0.772. The molecule has 0 atom stereocenters. The molecule has 0 saturated carbocycles. The van der Waals surface area contributed by atoms with Crippen LogP contribution in [0.4, 0.5) is 5.69 Å². The molecule has 0 aliphatic rings. The van der Waals surface area contributed by atoms with Crippen LogP contribution in [-0.4, -0.2) is 22.7 Å². The summed E-state index contributed by atoms with van der Waals surface area (Å²) in [5.41, 5.74) is -1.75. The quantitative estimate of drug-likeness (QED) is 0.453. The van der Waals surface area contributed by atoms with Crippen LogP contribution >= 0.6 is 7.60 Å². The van der Waals surface area contributed by atoms with Crippen molar-refractivity contribution in [1.82, 2.24) is 0 Å². The van der Waals surface area contributed by atoms with Gasteiger partial charge in [0.1, 0.15) is 12.0 Å². The van der Waals surface area contributed by atoms with Crippen LogP contribution in [0.15, 0.2) is 9.59 Å². The lowest BCUT2D eigenvalue weighted by molar-refractivity contribution is 0.334. The van der Waals surface area contributed by atoms with E-state index in [2.05, 4.69) is 5.32 Å². The van der Waals surface area contributed by atoms with Gasteiger partial charge >= 0.3 is 7.60 Å². The number of ether oxygens (including phenoxy) is 1. The third-order valence-corrected chi connectivity index (χ3v) is 2.19. The predicted molar refractivity (Wildman–Crippen MR) is 53.1 cm³/mol. The molecule has 1 aromatic rings. The van der Waals surface area contributed by atoms with Crippen molar-refractivity contribution in [3.8, 4) is 5.75 Å². The Balaban J connectivity index is 2.78. The molecule has 0 fully saturated rings. The highest BCUT2D eigenvalue weighted by Crippen LogP contribution is 2.34. The zero-order valence-electron chi connectivity index (χ0n) is 7.89. The van der Waals surface area contributed by atoms with E-state index in [0.717, 1.165) is 0 Å². The Labute approximate surface area is 84.5 Å². The Bertz CT molecular complexity index is 468. The van der Waals surface area contributed by atoms with Crippen LogP contribution < -0.4 is 20.9 Å². The van der Waals surface area contributed by atoms with Gasteiger partial charge in [0, 0.05) is 0 Å². The highest BCUT2D eigenvalue weighted by molar-refractivity contribution is 7.51. The Morgan fingerprint density at radius 3 is 2.40 bits per heavy atom. The number of hydrogen-bond donors (Lipinski definition) is 3. The van der Waals surface area contributed by atoms with E-state index in [9.17, 15) is 14.2 Å². The van der Waals surface area contributed by atoms with Gasteiger partial charge in [0.05, 0.1) is 6.61 Å². The molecule has 0 spiro atoms. The molecule has 0 aliphatic heterocycles. The summed E-state index contributed by atoms with van der Waals surface area (Å²) in [6.45, 7) is 1.83. The summed E-state index contributed by atoms with van der Waals surface area (Å²) in [5.74, 6) is -0.157. The van der Waals surface area contributed by atoms with E-state index in [4.69, 9.17) is 14.5 Å². The van der Waals surface area contributed by atoms with Gasteiger partial charge in [-0.15, -0.1) is 0 Å². The Morgan fingerprint density at radius 2 is 1.93 bits per heavy atom. The Hall–Kier alpha value is -1.17. The first-order valence-electron chi connectivity index (χ1n) is 4.11. The molecule has 0 aliphatic carbocycles. The highest BCUT2D eigenvalue weighted by atomic mass is 31.2. The minimum Gasteiger partial charge on any atom is -0.488 e. The summed E-state index contributed by atoms with van der Waals surface area (Å²) in [4.78, 5) is 39.0. The van der Waals surface area contributed by atoms with Gasteiger partial charge < -0.3 is 19.8 Å². The molecule has 0 bridgehead atoms. The second-order valence-corrected chi connectivity index (χ2v) is 4.44. The van der Waals surface area contributed by atoms with Crippen LogP contribution in [0, 0.1) is 0 Å². The second kappa shape index (κ2) is 4.14. The minimum atomic E-state index is -4.25. The maximum Gasteiger partial charge on any atom is 0.344 e. The molecule has 0 amide bonds. The van der Waals surface area contributed by atoms with Crippen molar-refractivity contribution in [2.45, 2.75) is 6.92 Å². The summed E-state index contributed by atoms with van der Waals surface area (Å²) in [6, 6.07) is 0. The SMILES string of the molecule is CCOc1c(NCP(=O)(O)O)c(=O)c1=O. The summed E-state index contributed by atoms with van der Waals surface area (Å²) in [5, 5.41) is 2.20. The molecule has 0 radical (unpaired) electrons. The normalized spacial score (nSPS) is 11.7. The summed E-state index contributed by atoms with van der Waals surface area (Å²) >= 11 is 0. The fraction of sp³-hybridized carbons (Fsp3) is 0.429. The molecule has 3 N–H and O–H groups in total. The number of nitrogens with one attached hydrogen (secondary N) is 1. The number of rotatable bonds is 5. The lowest BCUT2D eigenvalue weighted by Gasteiger charge is -2.13. The van der Waals surface area contributed by atoms with Crippen molar-refractivity contribution < 1.29 is 19.1 Å². The first kappa shape index (κ1) is 11.9. The summed E-state index contributed by atoms with van der Waals surface area (Å²) in [7, 11) is -4.25. The van der Waals surface area contributed by atoms with Gasteiger partial charge in [-0.1, -0.05) is 0 Å². The van der Waals surface area contributed by atoms with E-state index >= 15 is 0 Å². The van der Waals surface area contributed by atoms with Crippen LogP contribution in [0.1, 0.15) is 6.92 Å². The van der Waals surface area contributed by atoms with Gasteiger partial charge in [-0.05, 0) is 6.92 Å². The topological polar surface area (TPSA) is 113 Å². The largest absolute Gasteiger partial charge is 0.488 e. The van der Waals surface area contributed by atoms with Crippen LogP contribution in [0.25, 0.3) is 0 Å². The van der Waals surface area contributed by atoms with Crippen LogP contribution in [0.3, 0.4) is 0 Å². The molecule has 84 valence electrons. The zero-order chi connectivity index (χ0) is 11.6. The molecule has 15 heavy (non-hydrogen) atoms. The summed E-state index contributed by atoms with van der Waals surface area (Å²) in [6.07, 6.45) is -0.697. The Morgan fingerprint density at radius 1 is 1.33 bits per heavy atom. The van der Waals surface area contributed by atoms with Gasteiger partial charge in [-0.25, -0.2) is 0 Å². The van der Waals surface area contributed by atoms with E-state index in [1.165, 1.54) is 0 Å². The zero-order valence-corrected chi connectivity index (χ0v) is 8.78. The first-order valence-corrected chi connectivity index (χ1v) is 5.91. The third-order valence-electron chi connectivity index (χ3n) is 1.62. The van der Waals surface area contributed by atoms with E-state index < -0.39 is 24.7 Å². The molecule has 7 nitrogen and oxygen atoms in total. The van der Waals surface area contributed by atoms with Crippen molar-refractivity contribution in [1.29, 1.82) is 0 Å². The fourth-order valence-electron chi connectivity index (χ4n) is 0.995. The summed E-state index contributed by atoms with van der Waals surface area (Å²) < 4.78 is 15.3. The van der Waals surface area contributed by atoms with Gasteiger partial charge in [0.2, 0.25) is 0 Å². The van der Waals surface area contributed by atoms with Gasteiger partial charge in [0.25, 0.3) is 10.9 Å². The Kier molecular flexibility index (Phi) is 3.28. The van der Waals surface area contributed by atoms with Crippen molar-refractivity contribution in [2.24, 2.45) is 0 Å². The molecule has 0 unspecified atom stereocenters. The molecule has 0 aromatic heterocycles. The van der Waals surface area contributed by atoms with Crippen molar-refractivity contribution in [2.75, 3.05) is 18.2 Å². The minimum absolute atomic E-state index is 0.157. The number of hydrogen-bond acceptors (Lipinski definition) is 5. The maximum atomic E-state index is 11.0. The highest BCUT2D eigenvalue weighted by Gasteiger charge is 2.24. The van der Waals surface area contributed by atoms with E-state index in [1.54, 1.807) is 6.92 Å². The third kappa shape index (κ3) is 2.65. The van der Waals surface area contributed by atoms with Crippen LogP contribution in [-0.2, 0) is 4.57 Å². The van der Waals surface area contributed by atoms with E-state index in [1.807, 2.05) is 0 Å². The van der Waals surface area contributed by atoms with E-state index in [0.29, 0.717) is 0 Å². The molecule has 0 heterocycles. The second-order valence-electron chi connectivity index (χ2n) is 2.79. The average Bonchev–Trinajstić information content (AvgIpc) is 2.14. The fourth-order valence-corrected chi connectivity index (χ4v) is 1.36. The van der Waals surface area contributed by atoms with Crippen LogP contribution in [0.5, 0.6) is 5.75 Å². The molecule has 1 aromatic carbocycles. The molecule has 8 heteroatoms. The molecule has 1 rings (SSSR count). The first-order chi connectivity index (χ1) is 6.87. The van der Waals surface area contributed by atoms with E-state index in [-0.39, 0.29) is 18.0 Å². The number of anilines is 1. The van der Waals surface area contributed by atoms with Crippen molar-refractivity contribution >= 4 is 13.3 Å². The smallest absolute Gasteiger partial charge is 0.344 e. The van der Waals surface area contributed by atoms with Crippen LogP contribution in [0.2, 0.25) is 0 Å². The lowest BCUT2D eigenvalue weighted by Crippen LogP contribution is -2.36. The average molecular weight is 235 g/mol. The van der Waals surface area contributed by atoms with Crippen molar-refractivity contribution in [3.05, 3.63) is 20.4 Å². The monoisotopic (exact) mass is 235 g/mol. The van der Waals surface area contributed by atoms with Gasteiger partial charge in [0.15, 0.2) is 5.75 Å². The van der Waals surface area contributed by atoms with Crippen molar-refractivity contribution in [3.63, 3.8) is 0 Å². The standard InChI is InChI=1S/C7H10NO6P/c1-2-14-7-4(5(9)6(7)10)8-3-15(11,12)13/h8H,2-3H2,1H3,(H2,11,12,13). The molecule has 0 saturated heterocycles. The lowest BCUT2D eigenvalue weighted by atomic mass is 10.2. The van der Waals surface area contributed by atoms with Gasteiger partial charge in [-0.3, -0.25) is 14.2 Å². The maximum absolute atomic E-state index is 11.0. The van der Waals surface area contributed by atoms with Gasteiger partial charge in [-0.2, -0.15) is 0 Å².